The predicted octanol–water partition coefficient (Wildman–Crippen LogP) is 3.12. The Balaban J connectivity index is 2.49. The molecule has 4 nitrogen and oxygen atoms in total. The van der Waals surface area contributed by atoms with E-state index in [-0.39, 0.29) is 0 Å². The standard InChI is InChI=1S/C17H34N2O2/c1-5-18-17(4,16(20)21)11-8-12-19(13-14(2)3)15-9-6-7-10-15/h14-15,18H,5-13H2,1-4H3,(H,20,21). The van der Waals surface area contributed by atoms with Gasteiger partial charge in [0.05, 0.1) is 0 Å². The molecule has 0 saturated heterocycles. The molecule has 1 aliphatic carbocycles. The van der Waals surface area contributed by atoms with Crippen LogP contribution in [0.3, 0.4) is 0 Å². The highest BCUT2D eigenvalue weighted by atomic mass is 16.4. The van der Waals surface area contributed by atoms with Crippen LogP contribution in [0.15, 0.2) is 0 Å². The third-order valence-corrected chi connectivity index (χ3v) is 4.60. The average Bonchev–Trinajstić information content (AvgIpc) is 2.91. The zero-order chi connectivity index (χ0) is 15.9. The van der Waals surface area contributed by atoms with E-state index in [0.717, 1.165) is 25.6 Å². The van der Waals surface area contributed by atoms with Gasteiger partial charge < -0.3 is 15.3 Å². The van der Waals surface area contributed by atoms with Gasteiger partial charge in [-0.05, 0) is 51.6 Å². The summed E-state index contributed by atoms with van der Waals surface area (Å²) in [7, 11) is 0. The molecule has 0 spiro atoms. The molecular formula is C17H34N2O2. The largest absolute Gasteiger partial charge is 0.480 e. The van der Waals surface area contributed by atoms with Crippen molar-refractivity contribution in [1.82, 2.24) is 10.2 Å². The van der Waals surface area contributed by atoms with Crippen molar-refractivity contribution in [3.8, 4) is 0 Å². The maximum atomic E-state index is 11.4. The number of carboxylic acids is 1. The number of likely N-dealkylation sites (N-methyl/N-ethyl adjacent to an activating group) is 1. The Bertz CT molecular complexity index is 314. The average molecular weight is 298 g/mol. The highest BCUT2D eigenvalue weighted by Gasteiger charge is 2.32. The van der Waals surface area contributed by atoms with Gasteiger partial charge in [0, 0.05) is 12.6 Å². The second-order valence-electron chi connectivity index (χ2n) is 7.10. The van der Waals surface area contributed by atoms with E-state index >= 15 is 0 Å². The fourth-order valence-corrected chi connectivity index (χ4v) is 3.46. The number of rotatable bonds is 10. The SMILES string of the molecule is CCNC(C)(CCCN(CC(C)C)C1CCCC1)C(=O)O. The van der Waals surface area contributed by atoms with E-state index in [1.165, 1.54) is 25.7 Å². The van der Waals surface area contributed by atoms with Crippen molar-refractivity contribution in [3.05, 3.63) is 0 Å². The Hall–Kier alpha value is -0.610. The maximum Gasteiger partial charge on any atom is 0.323 e. The summed E-state index contributed by atoms with van der Waals surface area (Å²) in [4.78, 5) is 14.0. The summed E-state index contributed by atoms with van der Waals surface area (Å²) in [6.07, 6.45) is 6.97. The molecule has 0 aliphatic heterocycles. The lowest BCUT2D eigenvalue weighted by molar-refractivity contribution is -0.144. The van der Waals surface area contributed by atoms with Crippen LogP contribution in [-0.4, -0.2) is 47.2 Å². The molecule has 0 bridgehead atoms. The quantitative estimate of drug-likeness (QED) is 0.650. The first-order valence-electron chi connectivity index (χ1n) is 8.61. The molecule has 1 rings (SSSR count). The van der Waals surface area contributed by atoms with Crippen LogP contribution in [0, 0.1) is 5.92 Å². The number of nitrogens with one attached hydrogen (secondary N) is 1. The van der Waals surface area contributed by atoms with Crippen molar-refractivity contribution in [2.24, 2.45) is 5.92 Å². The Morgan fingerprint density at radius 3 is 2.48 bits per heavy atom. The molecule has 0 aromatic rings. The van der Waals surface area contributed by atoms with Crippen molar-refractivity contribution in [2.75, 3.05) is 19.6 Å². The first kappa shape index (κ1) is 18.4. The molecule has 1 fully saturated rings. The fourth-order valence-electron chi connectivity index (χ4n) is 3.46. The number of nitrogens with zero attached hydrogens (tertiary/aromatic N) is 1. The van der Waals surface area contributed by atoms with Gasteiger partial charge in [0.1, 0.15) is 5.54 Å². The maximum absolute atomic E-state index is 11.4. The zero-order valence-electron chi connectivity index (χ0n) is 14.3. The molecule has 0 heterocycles. The summed E-state index contributed by atoms with van der Waals surface area (Å²) >= 11 is 0. The molecule has 1 unspecified atom stereocenters. The van der Waals surface area contributed by atoms with Crippen LogP contribution in [-0.2, 0) is 4.79 Å². The van der Waals surface area contributed by atoms with Crippen molar-refractivity contribution in [1.29, 1.82) is 0 Å². The molecule has 0 aromatic heterocycles. The van der Waals surface area contributed by atoms with Gasteiger partial charge in [-0.15, -0.1) is 0 Å². The van der Waals surface area contributed by atoms with Gasteiger partial charge in [0.15, 0.2) is 0 Å². The smallest absolute Gasteiger partial charge is 0.323 e. The lowest BCUT2D eigenvalue weighted by Crippen LogP contribution is -2.50. The molecule has 4 heteroatoms. The van der Waals surface area contributed by atoms with Crippen LogP contribution in [0.4, 0.5) is 0 Å². The van der Waals surface area contributed by atoms with Gasteiger partial charge in [-0.1, -0.05) is 33.6 Å². The summed E-state index contributed by atoms with van der Waals surface area (Å²) in [5, 5.41) is 12.5. The van der Waals surface area contributed by atoms with E-state index < -0.39 is 11.5 Å². The van der Waals surface area contributed by atoms with E-state index in [1.54, 1.807) is 6.92 Å². The summed E-state index contributed by atoms with van der Waals surface area (Å²) in [5.41, 5.74) is -0.784. The minimum atomic E-state index is -0.784. The predicted molar refractivity (Wildman–Crippen MR) is 87.6 cm³/mol. The molecular weight excluding hydrogens is 264 g/mol. The van der Waals surface area contributed by atoms with Crippen LogP contribution < -0.4 is 5.32 Å². The highest BCUT2D eigenvalue weighted by molar-refractivity contribution is 5.78. The normalized spacial score (nSPS) is 19.3. The van der Waals surface area contributed by atoms with Crippen molar-refractivity contribution in [3.63, 3.8) is 0 Å². The van der Waals surface area contributed by atoms with Gasteiger partial charge >= 0.3 is 5.97 Å². The number of aliphatic carboxylic acids is 1. The monoisotopic (exact) mass is 298 g/mol. The van der Waals surface area contributed by atoms with E-state index in [4.69, 9.17) is 0 Å². The van der Waals surface area contributed by atoms with Crippen molar-refractivity contribution in [2.45, 2.75) is 77.8 Å². The Kier molecular flexibility index (Phi) is 7.67. The lowest BCUT2D eigenvalue weighted by Gasteiger charge is -2.32. The molecule has 1 atom stereocenters. The van der Waals surface area contributed by atoms with E-state index in [2.05, 4.69) is 24.1 Å². The number of carbonyl (C=O) groups is 1. The van der Waals surface area contributed by atoms with E-state index in [0.29, 0.717) is 18.9 Å². The first-order chi connectivity index (χ1) is 9.89. The van der Waals surface area contributed by atoms with Crippen LogP contribution in [0.2, 0.25) is 0 Å². The van der Waals surface area contributed by atoms with Gasteiger partial charge in [0.25, 0.3) is 0 Å². The van der Waals surface area contributed by atoms with Gasteiger partial charge in [-0.25, -0.2) is 0 Å². The number of carboxylic acid groups (broad SMARTS) is 1. The molecule has 1 aliphatic rings. The van der Waals surface area contributed by atoms with Crippen LogP contribution in [0.1, 0.15) is 66.2 Å². The third kappa shape index (κ3) is 5.95. The number of hydrogen-bond donors (Lipinski definition) is 2. The molecule has 21 heavy (non-hydrogen) atoms. The summed E-state index contributed by atoms with van der Waals surface area (Å²) in [5.74, 6) is -0.0640. The van der Waals surface area contributed by atoms with Crippen molar-refractivity contribution >= 4 is 5.97 Å². The summed E-state index contributed by atoms with van der Waals surface area (Å²) < 4.78 is 0. The molecule has 0 amide bonds. The zero-order valence-corrected chi connectivity index (χ0v) is 14.3. The van der Waals surface area contributed by atoms with Gasteiger partial charge in [-0.2, -0.15) is 0 Å². The van der Waals surface area contributed by atoms with Crippen LogP contribution in [0.5, 0.6) is 0 Å². The minimum Gasteiger partial charge on any atom is -0.480 e. The fraction of sp³-hybridized carbons (Fsp3) is 0.941. The second kappa shape index (κ2) is 8.74. The second-order valence-corrected chi connectivity index (χ2v) is 7.10. The molecule has 0 radical (unpaired) electrons. The third-order valence-electron chi connectivity index (χ3n) is 4.60. The number of hydrogen-bond acceptors (Lipinski definition) is 3. The van der Waals surface area contributed by atoms with Gasteiger partial charge in [-0.3, -0.25) is 4.79 Å². The van der Waals surface area contributed by atoms with Crippen molar-refractivity contribution < 1.29 is 9.90 Å². The molecule has 124 valence electrons. The Morgan fingerprint density at radius 2 is 2.00 bits per heavy atom. The Morgan fingerprint density at radius 1 is 1.38 bits per heavy atom. The highest BCUT2D eigenvalue weighted by Crippen LogP contribution is 2.25. The molecule has 2 N–H and O–H groups in total. The van der Waals surface area contributed by atoms with Crippen LogP contribution >= 0.6 is 0 Å². The van der Waals surface area contributed by atoms with Crippen LogP contribution in [0.25, 0.3) is 0 Å². The molecule has 0 aromatic carbocycles. The van der Waals surface area contributed by atoms with E-state index in [1.807, 2.05) is 6.92 Å². The van der Waals surface area contributed by atoms with E-state index in [9.17, 15) is 9.90 Å². The Labute approximate surface area is 130 Å². The molecule has 1 saturated carbocycles. The lowest BCUT2D eigenvalue weighted by atomic mass is 9.95. The summed E-state index contributed by atoms with van der Waals surface area (Å²) in [6, 6.07) is 0.725. The topological polar surface area (TPSA) is 52.6 Å². The summed E-state index contributed by atoms with van der Waals surface area (Å²) in [6.45, 7) is 11.2. The minimum absolute atomic E-state index is 0.672. The van der Waals surface area contributed by atoms with Gasteiger partial charge in [0.2, 0.25) is 0 Å². The first-order valence-corrected chi connectivity index (χ1v) is 8.61.